The number of furan rings is 1. The molecular weight excluding hydrogens is 226 g/mol. The topological polar surface area (TPSA) is 34.4 Å². The van der Waals surface area contributed by atoms with Gasteiger partial charge in [0, 0.05) is 6.61 Å². The molecule has 0 aliphatic heterocycles. The Balaban J connectivity index is 2.34. The van der Waals surface area contributed by atoms with E-state index in [9.17, 15) is 0 Å². The molecule has 0 amide bonds. The zero-order valence-corrected chi connectivity index (χ0v) is 12.4. The fraction of sp³-hybridized carbons (Fsp3) is 0.733. The molecule has 1 aromatic heterocycles. The van der Waals surface area contributed by atoms with E-state index in [1.165, 1.54) is 5.56 Å². The Morgan fingerprint density at radius 3 is 2.67 bits per heavy atom. The quantitative estimate of drug-likeness (QED) is 0.753. The molecule has 0 spiro atoms. The van der Waals surface area contributed by atoms with Crippen LogP contribution in [-0.2, 0) is 17.9 Å². The van der Waals surface area contributed by atoms with Crippen molar-refractivity contribution in [1.29, 1.82) is 0 Å². The average molecular weight is 253 g/mol. The fourth-order valence-corrected chi connectivity index (χ4v) is 1.63. The SMILES string of the molecule is CCNCc1oc(COCCC(C)(C)C)cc1C. The van der Waals surface area contributed by atoms with Crippen molar-refractivity contribution in [3.63, 3.8) is 0 Å². The van der Waals surface area contributed by atoms with Gasteiger partial charge in [-0.1, -0.05) is 27.7 Å². The Kier molecular flexibility index (Phi) is 5.89. The highest BCUT2D eigenvalue weighted by molar-refractivity contribution is 5.19. The van der Waals surface area contributed by atoms with Crippen molar-refractivity contribution in [3.8, 4) is 0 Å². The van der Waals surface area contributed by atoms with E-state index in [1.54, 1.807) is 0 Å². The molecule has 0 radical (unpaired) electrons. The molecule has 0 saturated carbocycles. The molecule has 1 rings (SSSR count). The van der Waals surface area contributed by atoms with Crippen LogP contribution >= 0.6 is 0 Å². The zero-order chi connectivity index (χ0) is 13.6. The van der Waals surface area contributed by atoms with Gasteiger partial charge in [0.2, 0.25) is 0 Å². The maximum atomic E-state index is 5.76. The maximum Gasteiger partial charge on any atom is 0.130 e. The van der Waals surface area contributed by atoms with Gasteiger partial charge in [-0.25, -0.2) is 0 Å². The van der Waals surface area contributed by atoms with Crippen LogP contribution in [0.15, 0.2) is 10.5 Å². The number of hydrogen-bond acceptors (Lipinski definition) is 3. The Bertz CT molecular complexity index is 350. The lowest BCUT2D eigenvalue weighted by atomic mass is 9.93. The molecule has 104 valence electrons. The van der Waals surface area contributed by atoms with Crippen molar-refractivity contribution >= 4 is 0 Å². The summed E-state index contributed by atoms with van der Waals surface area (Å²) in [6.07, 6.45) is 1.07. The maximum absolute atomic E-state index is 5.76. The van der Waals surface area contributed by atoms with Crippen molar-refractivity contribution in [1.82, 2.24) is 5.32 Å². The lowest BCUT2D eigenvalue weighted by Crippen LogP contribution is -2.11. The minimum absolute atomic E-state index is 0.329. The van der Waals surface area contributed by atoms with Crippen molar-refractivity contribution in [2.24, 2.45) is 5.41 Å². The predicted molar refractivity (Wildman–Crippen MR) is 74.6 cm³/mol. The third-order valence-electron chi connectivity index (χ3n) is 2.85. The van der Waals surface area contributed by atoms with Crippen LogP contribution in [0.5, 0.6) is 0 Å². The van der Waals surface area contributed by atoms with Crippen LogP contribution < -0.4 is 5.32 Å². The molecule has 0 unspecified atom stereocenters. The molecule has 1 aromatic rings. The minimum Gasteiger partial charge on any atom is -0.462 e. The van der Waals surface area contributed by atoms with Gasteiger partial charge in [-0.2, -0.15) is 0 Å². The van der Waals surface area contributed by atoms with Gasteiger partial charge in [0.1, 0.15) is 18.1 Å². The van der Waals surface area contributed by atoms with Gasteiger partial charge in [0.15, 0.2) is 0 Å². The molecule has 3 nitrogen and oxygen atoms in total. The summed E-state index contributed by atoms with van der Waals surface area (Å²) in [6, 6.07) is 2.07. The van der Waals surface area contributed by atoms with E-state index >= 15 is 0 Å². The first kappa shape index (κ1) is 15.3. The molecule has 18 heavy (non-hydrogen) atoms. The van der Waals surface area contributed by atoms with Gasteiger partial charge in [-0.3, -0.25) is 0 Å². The van der Waals surface area contributed by atoms with Gasteiger partial charge < -0.3 is 14.5 Å². The highest BCUT2D eigenvalue weighted by Gasteiger charge is 2.11. The van der Waals surface area contributed by atoms with Crippen LogP contribution in [0.1, 0.15) is 51.2 Å². The molecule has 0 aliphatic carbocycles. The molecule has 0 atom stereocenters. The Morgan fingerprint density at radius 1 is 1.33 bits per heavy atom. The summed E-state index contributed by atoms with van der Waals surface area (Å²) in [4.78, 5) is 0. The largest absolute Gasteiger partial charge is 0.462 e. The number of nitrogens with one attached hydrogen (secondary N) is 1. The first-order chi connectivity index (χ1) is 8.42. The molecular formula is C15H27NO2. The summed E-state index contributed by atoms with van der Waals surface area (Å²) >= 11 is 0. The van der Waals surface area contributed by atoms with Gasteiger partial charge in [0.05, 0.1) is 6.54 Å². The highest BCUT2D eigenvalue weighted by Crippen LogP contribution is 2.19. The summed E-state index contributed by atoms with van der Waals surface area (Å²) in [5.41, 5.74) is 1.53. The highest BCUT2D eigenvalue weighted by atomic mass is 16.5. The molecule has 0 aromatic carbocycles. The minimum atomic E-state index is 0.329. The van der Waals surface area contributed by atoms with Crippen LogP contribution in [-0.4, -0.2) is 13.2 Å². The lowest BCUT2D eigenvalue weighted by molar-refractivity contribution is 0.0836. The monoisotopic (exact) mass is 253 g/mol. The summed E-state index contributed by atoms with van der Waals surface area (Å²) in [5.74, 6) is 1.94. The van der Waals surface area contributed by atoms with E-state index in [1.807, 2.05) is 0 Å². The van der Waals surface area contributed by atoms with Crippen LogP contribution in [0.2, 0.25) is 0 Å². The van der Waals surface area contributed by atoms with E-state index in [-0.39, 0.29) is 0 Å². The normalized spacial score (nSPS) is 12.1. The summed E-state index contributed by atoms with van der Waals surface area (Å²) in [7, 11) is 0. The summed E-state index contributed by atoms with van der Waals surface area (Å²) in [6.45, 7) is 14.0. The van der Waals surface area contributed by atoms with E-state index in [2.05, 4.69) is 46.0 Å². The zero-order valence-electron chi connectivity index (χ0n) is 12.4. The third-order valence-corrected chi connectivity index (χ3v) is 2.85. The summed E-state index contributed by atoms with van der Waals surface area (Å²) < 4.78 is 11.4. The van der Waals surface area contributed by atoms with Crippen molar-refractivity contribution in [3.05, 3.63) is 23.2 Å². The van der Waals surface area contributed by atoms with Gasteiger partial charge in [-0.15, -0.1) is 0 Å². The second kappa shape index (κ2) is 6.95. The number of hydrogen-bond donors (Lipinski definition) is 1. The van der Waals surface area contributed by atoms with E-state index < -0.39 is 0 Å². The Hall–Kier alpha value is -0.800. The number of aryl methyl sites for hydroxylation is 1. The fourth-order valence-electron chi connectivity index (χ4n) is 1.63. The van der Waals surface area contributed by atoms with Crippen molar-refractivity contribution < 1.29 is 9.15 Å². The van der Waals surface area contributed by atoms with Crippen LogP contribution in [0.25, 0.3) is 0 Å². The van der Waals surface area contributed by atoms with Crippen molar-refractivity contribution in [2.45, 2.75) is 54.2 Å². The lowest BCUT2D eigenvalue weighted by Gasteiger charge is -2.17. The van der Waals surface area contributed by atoms with Crippen molar-refractivity contribution in [2.75, 3.05) is 13.2 Å². The molecule has 0 saturated heterocycles. The van der Waals surface area contributed by atoms with Crippen LogP contribution in [0.3, 0.4) is 0 Å². The molecule has 0 bridgehead atoms. The van der Waals surface area contributed by atoms with E-state index in [0.717, 1.165) is 37.6 Å². The second-order valence-corrected chi connectivity index (χ2v) is 5.96. The standard InChI is InChI=1S/C15H27NO2/c1-6-16-10-14-12(2)9-13(18-14)11-17-8-7-15(3,4)5/h9,16H,6-8,10-11H2,1-5H3. The van der Waals surface area contributed by atoms with Crippen LogP contribution in [0.4, 0.5) is 0 Å². The number of ether oxygens (including phenoxy) is 1. The smallest absolute Gasteiger partial charge is 0.130 e. The Morgan fingerprint density at radius 2 is 2.06 bits per heavy atom. The summed E-state index contributed by atoms with van der Waals surface area (Å²) in [5, 5.41) is 3.27. The molecule has 0 aliphatic rings. The van der Waals surface area contributed by atoms with E-state index in [4.69, 9.17) is 9.15 Å². The van der Waals surface area contributed by atoms with Gasteiger partial charge in [-0.05, 0) is 36.9 Å². The number of rotatable bonds is 7. The first-order valence-electron chi connectivity index (χ1n) is 6.79. The second-order valence-electron chi connectivity index (χ2n) is 5.96. The Labute approximate surface area is 111 Å². The molecule has 3 heteroatoms. The van der Waals surface area contributed by atoms with Crippen LogP contribution in [0, 0.1) is 12.3 Å². The molecule has 0 fully saturated rings. The third kappa shape index (κ3) is 5.69. The molecule has 1 heterocycles. The average Bonchev–Trinajstić information content (AvgIpc) is 2.61. The predicted octanol–water partition coefficient (Wildman–Crippen LogP) is 3.65. The van der Waals surface area contributed by atoms with E-state index in [0.29, 0.717) is 12.0 Å². The van der Waals surface area contributed by atoms with Gasteiger partial charge in [0.25, 0.3) is 0 Å². The molecule has 1 N–H and O–H groups in total. The first-order valence-corrected chi connectivity index (χ1v) is 6.79. The van der Waals surface area contributed by atoms with Gasteiger partial charge >= 0.3 is 0 Å².